The summed E-state index contributed by atoms with van der Waals surface area (Å²) < 4.78 is 26.9. The van der Waals surface area contributed by atoms with Crippen LogP contribution in [0.4, 0.5) is 0 Å². The van der Waals surface area contributed by atoms with Gasteiger partial charge in [0.15, 0.2) is 0 Å². The fourth-order valence-electron chi connectivity index (χ4n) is 1.67. The minimum atomic E-state index is -3.52. The standard InChI is InChI=1S/C13H13BrClNO2S2/c1-9-5-6-19-13(9)8-16(2)20(17,18)10-3-4-12(15)11(14)7-10/h3-7H,8H2,1-2H3. The van der Waals surface area contributed by atoms with Gasteiger partial charge in [-0.2, -0.15) is 4.31 Å². The van der Waals surface area contributed by atoms with Gasteiger partial charge in [-0.05, 0) is 58.1 Å². The Kier molecular flexibility index (Phi) is 4.92. The molecule has 108 valence electrons. The van der Waals surface area contributed by atoms with Crippen molar-refractivity contribution in [3.8, 4) is 0 Å². The number of aryl methyl sites for hydroxylation is 1. The quantitative estimate of drug-likeness (QED) is 0.775. The van der Waals surface area contributed by atoms with Crippen molar-refractivity contribution in [1.82, 2.24) is 4.31 Å². The Morgan fingerprint density at radius 3 is 2.60 bits per heavy atom. The van der Waals surface area contributed by atoms with E-state index in [0.717, 1.165) is 10.4 Å². The van der Waals surface area contributed by atoms with Crippen molar-refractivity contribution in [2.24, 2.45) is 0 Å². The third-order valence-corrected chi connectivity index (χ3v) is 6.95. The molecule has 0 aliphatic rings. The Morgan fingerprint density at radius 1 is 1.35 bits per heavy atom. The number of benzene rings is 1. The molecule has 0 aliphatic carbocycles. The van der Waals surface area contributed by atoms with E-state index >= 15 is 0 Å². The summed E-state index contributed by atoms with van der Waals surface area (Å²) in [4.78, 5) is 1.27. The van der Waals surface area contributed by atoms with Gasteiger partial charge >= 0.3 is 0 Å². The largest absolute Gasteiger partial charge is 0.243 e. The molecule has 0 N–H and O–H groups in total. The van der Waals surface area contributed by atoms with Crippen LogP contribution in [-0.4, -0.2) is 19.8 Å². The summed E-state index contributed by atoms with van der Waals surface area (Å²) in [5.41, 5.74) is 1.11. The van der Waals surface area contributed by atoms with E-state index in [1.165, 1.54) is 16.4 Å². The topological polar surface area (TPSA) is 37.4 Å². The first-order chi connectivity index (χ1) is 9.32. The predicted molar refractivity (Wildman–Crippen MR) is 86.9 cm³/mol. The van der Waals surface area contributed by atoms with Crippen molar-refractivity contribution < 1.29 is 8.42 Å². The lowest BCUT2D eigenvalue weighted by atomic mass is 10.3. The maximum Gasteiger partial charge on any atom is 0.243 e. The maximum absolute atomic E-state index is 12.5. The van der Waals surface area contributed by atoms with Crippen LogP contribution in [0.3, 0.4) is 0 Å². The fraction of sp³-hybridized carbons (Fsp3) is 0.231. The smallest absolute Gasteiger partial charge is 0.207 e. The van der Waals surface area contributed by atoms with Crippen LogP contribution in [0.5, 0.6) is 0 Å². The summed E-state index contributed by atoms with van der Waals surface area (Å²) in [5, 5.41) is 2.45. The van der Waals surface area contributed by atoms with Crippen LogP contribution in [0.15, 0.2) is 39.0 Å². The second-order valence-corrected chi connectivity index (χ2v) is 8.67. The summed E-state index contributed by atoms with van der Waals surface area (Å²) >= 11 is 10.7. The Bertz CT molecular complexity index is 728. The van der Waals surface area contributed by atoms with E-state index in [2.05, 4.69) is 15.9 Å². The lowest BCUT2D eigenvalue weighted by Gasteiger charge is -2.17. The average Bonchev–Trinajstić information content (AvgIpc) is 2.78. The molecule has 0 bridgehead atoms. The van der Waals surface area contributed by atoms with Crippen molar-refractivity contribution in [2.45, 2.75) is 18.4 Å². The molecule has 0 fully saturated rings. The molecule has 0 spiro atoms. The van der Waals surface area contributed by atoms with Gasteiger partial charge in [0.05, 0.1) is 9.92 Å². The van der Waals surface area contributed by atoms with E-state index < -0.39 is 10.0 Å². The first kappa shape index (κ1) is 16.0. The number of hydrogen-bond donors (Lipinski definition) is 0. The molecule has 3 nitrogen and oxygen atoms in total. The van der Waals surface area contributed by atoms with Gasteiger partial charge in [0.2, 0.25) is 10.0 Å². The van der Waals surface area contributed by atoms with E-state index in [4.69, 9.17) is 11.6 Å². The van der Waals surface area contributed by atoms with Crippen molar-refractivity contribution in [3.05, 3.63) is 49.6 Å². The van der Waals surface area contributed by atoms with Crippen molar-refractivity contribution in [3.63, 3.8) is 0 Å². The first-order valence-corrected chi connectivity index (χ1v) is 9.26. The lowest BCUT2D eigenvalue weighted by molar-refractivity contribution is 0.469. The molecule has 0 saturated carbocycles. The number of nitrogens with zero attached hydrogens (tertiary/aromatic N) is 1. The van der Waals surface area contributed by atoms with Crippen LogP contribution in [0.25, 0.3) is 0 Å². The highest BCUT2D eigenvalue weighted by molar-refractivity contribution is 9.10. The Labute approximate surface area is 136 Å². The number of halogens is 2. The molecular weight excluding hydrogens is 382 g/mol. The molecule has 0 radical (unpaired) electrons. The monoisotopic (exact) mass is 393 g/mol. The summed E-state index contributed by atoms with van der Waals surface area (Å²) in [7, 11) is -1.94. The zero-order valence-electron chi connectivity index (χ0n) is 10.9. The molecule has 1 aromatic carbocycles. The van der Waals surface area contributed by atoms with E-state index in [-0.39, 0.29) is 4.90 Å². The van der Waals surface area contributed by atoms with E-state index in [1.54, 1.807) is 24.5 Å². The highest BCUT2D eigenvalue weighted by Gasteiger charge is 2.22. The molecule has 7 heteroatoms. The second-order valence-electron chi connectivity index (χ2n) is 4.36. The second kappa shape index (κ2) is 6.15. The van der Waals surface area contributed by atoms with Gasteiger partial charge < -0.3 is 0 Å². The zero-order chi connectivity index (χ0) is 14.9. The van der Waals surface area contributed by atoms with Crippen LogP contribution >= 0.6 is 38.9 Å². The highest BCUT2D eigenvalue weighted by atomic mass is 79.9. The molecule has 20 heavy (non-hydrogen) atoms. The minimum Gasteiger partial charge on any atom is -0.207 e. The number of hydrogen-bond acceptors (Lipinski definition) is 3. The third-order valence-electron chi connectivity index (χ3n) is 2.93. The molecule has 0 atom stereocenters. The van der Waals surface area contributed by atoms with Crippen molar-refractivity contribution >= 4 is 48.9 Å². The van der Waals surface area contributed by atoms with Crippen LogP contribution in [0.2, 0.25) is 5.02 Å². The van der Waals surface area contributed by atoms with E-state index in [9.17, 15) is 8.42 Å². The van der Waals surface area contributed by atoms with Crippen LogP contribution in [0, 0.1) is 6.92 Å². The van der Waals surface area contributed by atoms with Gasteiger partial charge in [-0.3, -0.25) is 0 Å². The molecule has 0 unspecified atom stereocenters. The average molecular weight is 395 g/mol. The SMILES string of the molecule is Cc1ccsc1CN(C)S(=O)(=O)c1ccc(Cl)c(Br)c1. The molecule has 2 aromatic rings. The zero-order valence-corrected chi connectivity index (χ0v) is 14.9. The van der Waals surface area contributed by atoms with Crippen molar-refractivity contribution in [1.29, 1.82) is 0 Å². The first-order valence-electron chi connectivity index (χ1n) is 5.76. The Balaban J connectivity index is 2.29. The highest BCUT2D eigenvalue weighted by Crippen LogP contribution is 2.27. The summed E-state index contributed by atoms with van der Waals surface area (Å²) in [5.74, 6) is 0. The van der Waals surface area contributed by atoms with Gasteiger partial charge in [-0.25, -0.2) is 8.42 Å². The van der Waals surface area contributed by atoms with Crippen molar-refractivity contribution in [2.75, 3.05) is 7.05 Å². The Morgan fingerprint density at radius 2 is 2.05 bits per heavy atom. The molecule has 1 heterocycles. The molecule has 0 saturated heterocycles. The van der Waals surface area contributed by atoms with E-state index in [1.807, 2.05) is 18.4 Å². The Hall–Kier alpha value is -0.400. The molecule has 0 amide bonds. The van der Waals surface area contributed by atoms with Gasteiger partial charge in [-0.1, -0.05) is 11.6 Å². The number of rotatable bonds is 4. The van der Waals surface area contributed by atoms with Gasteiger partial charge in [-0.15, -0.1) is 11.3 Å². The molecule has 1 aromatic heterocycles. The normalized spacial score (nSPS) is 12.1. The van der Waals surface area contributed by atoms with Crippen LogP contribution in [-0.2, 0) is 16.6 Å². The molecular formula is C13H13BrClNO2S2. The maximum atomic E-state index is 12.5. The van der Waals surface area contributed by atoms with Gasteiger partial charge in [0.25, 0.3) is 0 Å². The molecule has 2 rings (SSSR count). The number of sulfonamides is 1. The molecule has 0 aliphatic heterocycles. The van der Waals surface area contributed by atoms with Crippen LogP contribution < -0.4 is 0 Å². The van der Waals surface area contributed by atoms with E-state index in [0.29, 0.717) is 16.0 Å². The number of thiophene rings is 1. The summed E-state index contributed by atoms with van der Waals surface area (Å²) in [6.45, 7) is 2.34. The third kappa shape index (κ3) is 3.26. The summed E-state index contributed by atoms with van der Waals surface area (Å²) in [6.07, 6.45) is 0. The predicted octanol–water partition coefficient (Wildman–Crippen LogP) is 4.29. The van der Waals surface area contributed by atoms with Crippen LogP contribution in [0.1, 0.15) is 10.4 Å². The van der Waals surface area contributed by atoms with Gasteiger partial charge in [0, 0.05) is 22.9 Å². The minimum absolute atomic E-state index is 0.227. The lowest BCUT2D eigenvalue weighted by Crippen LogP contribution is -2.26. The summed E-state index contributed by atoms with van der Waals surface area (Å²) in [6, 6.07) is 6.59. The van der Waals surface area contributed by atoms with Gasteiger partial charge in [0.1, 0.15) is 0 Å². The fourth-order valence-corrected chi connectivity index (χ4v) is 4.52.